The molecule has 4 nitrogen and oxygen atoms in total. The molecule has 162 valence electrons. The molecule has 4 atom stereocenters. The number of thiophene rings is 1. The molecule has 0 amide bonds. The second-order valence-corrected chi connectivity index (χ2v) is 10.1. The second-order valence-electron chi connectivity index (χ2n) is 7.88. The number of halogens is 1. The number of carboxylic acids is 1. The summed E-state index contributed by atoms with van der Waals surface area (Å²) < 4.78 is 1.10. The van der Waals surface area contributed by atoms with Crippen LogP contribution in [0.25, 0.3) is 0 Å². The number of aryl methyl sites for hydroxylation is 2. The average molecular weight is 493 g/mol. The van der Waals surface area contributed by atoms with Crippen LogP contribution >= 0.6 is 27.3 Å². The Hall–Kier alpha value is -1.31. The molecule has 1 aliphatic carbocycles. The molecule has 30 heavy (non-hydrogen) atoms. The van der Waals surface area contributed by atoms with Gasteiger partial charge in [0.2, 0.25) is 0 Å². The molecule has 0 radical (unpaired) electrons. The molecule has 1 aliphatic rings. The zero-order chi connectivity index (χ0) is 22.1. The molecule has 0 bridgehead atoms. The second kappa shape index (κ2) is 12.5. The number of hydrogen-bond donors (Lipinski definition) is 2. The van der Waals surface area contributed by atoms with Gasteiger partial charge in [-0.25, -0.2) is 0 Å². The van der Waals surface area contributed by atoms with E-state index in [0.29, 0.717) is 25.7 Å². The molecular formula is C23H30BBrO4S. The third-order valence-electron chi connectivity index (χ3n) is 5.67. The van der Waals surface area contributed by atoms with E-state index in [4.69, 9.17) is 5.11 Å². The number of rotatable bonds is 12. The van der Waals surface area contributed by atoms with Crippen LogP contribution in [-0.2, 0) is 16.0 Å². The van der Waals surface area contributed by atoms with Gasteiger partial charge in [0.25, 0.3) is 0 Å². The van der Waals surface area contributed by atoms with E-state index in [1.807, 2.05) is 24.2 Å². The SMILES string of the molecule is B=C[C@@H]1CC(O)[C@H](C/C=C\CCCC(=O)O)[C@H]1/C=C/C(=O)CCc1cc(Br)c(C)s1. The summed E-state index contributed by atoms with van der Waals surface area (Å²) in [5.74, 6) is 1.49. The summed E-state index contributed by atoms with van der Waals surface area (Å²) in [6.45, 7) is 2.06. The van der Waals surface area contributed by atoms with Crippen LogP contribution in [0.15, 0.2) is 34.8 Å². The van der Waals surface area contributed by atoms with Crippen molar-refractivity contribution >= 4 is 52.5 Å². The zero-order valence-electron chi connectivity index (χ0n) is 17.4. The molecule has 2 N–H and O–H groups in total. The minimum atomic E-state index is -0.778. The van der Waals surface area contributed by atoms with Gasteiger partial charge in [-0.1, -0.05) is 0 Å². The van der Waals surface area contributed by atoms with Crippen molar-refractivity contribution in [2.75, 3.05) is 0 Å². The van der Waals surface area contributed by atoms with Gasteiger partial charge in [0.05, 0.1) is 0 Å². The number of allylic oxidation sites excluding steroid dienone is 4. The summed E-state index contributed by atoms with van der Waals surface area (Å²) in [6, 6.07) is 2.08. The number of carbonyl (C=O) groups is 2. The number of ketones is 1. The fourth-order valence-corrected chi connectivity index (χ4v) is 5.57. The molecule has 2 rings (SSSR count). The molecule has 0 saturated heterocycles. The van der Waals surface area contributed by atoms with Crippen molar-refractivity contribution in [2.45, 2.75) is 58.0 Å². The van der Waals surface area contributed by atoms with Crippen LogP contribution in [0, 0.1) is 24.7 Å². The van der Waals surface area contributed by atoms with Gasteiger partial charge in [0, 0.05) is 0 Å². The van der Waals surface area contributed by atoms with Gasteiger partial charge in [0.1, 0.15) is 0 Å². The Morgan fingerprint density at radius 1 is 1.33 bits per heavy atom. The number of aliphatic hydroxyl groups excluding tert-OH is 1. The van der Waals surface area contributed by atoms with E-state index in [9.17, 15) is 14.7 Å². The Morgan fingerprint density at radius 3 is 2.73 bits per heavy atom. The first kappa shape index (κ1) is 25.0. The van der Waals surface area contributed by atoms with Crippen molar-refractivity contribution < 1.29 is 19.8 Å². The van der Waals surface area contributed by atoms with Gasteiger partial charge in [-0.2, -0.15) is 0 Å². The fourth-order valence-electron chi connectivity index (χ4n) is 3.97. The maximum atomic E-state index is 12.4. The summed E-state index contributed by atoms with van der Waals surface area (Å²) in [5.41, 5.74) is 0. The predicted molar refractivity (Wildman–Crippen MR) is 129 cm³/mol. The summed E-state index contributed by atoms with van der Waals surface area (Å²) in [4.78, 5) is 25.4. The minimum absolute atomic E-state index is 0.0451. The van der Waals surface area contributed by atoms with E-state index < -0.39 is 12.1 Å². The number of unbranched alkanes of at least 4 members (excludes halogenated alkanes) is 1. The van der Waals surface area contributed by atoms with Crippen molar-refractivity contribution in [2.24, 2.45) is 17.8 Å². The van der Waals surface area contributed by atoms with Crippen LogP contribution in [0.1, 0.15) is 48.3 Å². The van der Waals surface area contributed by atoms with Crippen LogP contribution < -0.4 is 0 Å². The summed E-state index contributed by atoms with van der Waals surface area (Å²) >= 11 is 5.22. The Bertz CT molecular complexity index is 782. The topological polar surface area (TPSA) is 74.6 Å². The predicted octanol–water partition coefficient (Wildman–Crippen LogP) is 4.39. The molecule has 1 unspecified atom stereocenters. The molecule has 1 fully saturated rings. The Kier molecular flexibility index (Phi) is 10.4. The summed E-state index contributed by atoms with van der Waals surface area (Å²) in [7, 11) is 3.91. The van der Waals surface area contributed by atoms with E-state index in [0.717, 1.165) is 17.3 Å². The van der Waals surface area contributed by atoms with Crippen molar-refractivity contribution in [1.29, 1.82) is 0 Å². The molecule has 1 heterocycles. The van der Waals surface area contributed by atoms with Crippen LogP contribution in [0.4, 0.5) is 0 Å². The molecule has 0 aromatic carbocycles. The number of hydrogen-bond acceptors (Lipinski definition) is 4. The van der Waals surface area contributed by atoms with Crippen molar-refractivity contribution in [1.82, 2.24) is 0 Å². The molecule has 1 saturated carbocycles. The average Bonchev–Trinajstić information content (AvgIpc) is 3.19. The fraction of sp³-hybridized carbons (Fsp3) is 0.522. The molecule has 1 aromatic heterocycles. The zero-order valence-corrected chi connectivity index (χ0v) is 19.8. The Balaban J connectivity index is 1.90. The Morgan fingerprint density at radius 2 is 2.10 bits per heavy atom. The number of carboxylic acid groups (broad SMARTS) is 1. The van der Waals surface area contributed by atoms with Gasteiger partial charge in [-0.15, -0.1) is 0 Å². The number of aliphatic hydroxyl groups is 1. The Labute approximate surface area is 192 Å². The van der Waals surface area contributed by atoms with Gasteiger partial charge in [0.15, 0.2) is 0 Å². The quantitative estimate of drug-likeness (QED) is 0.196. The van der Waals surface area contributed by atoms with Crippen molar-refractivity contribution in [3.63, 3.8) is 0 Å². The first-order chi connectivity index (χ1) is 14.3. The van der Waals surface area contributed by atoms with E-state index >= 15 is 0 Å². The van der Waals surface area contributed by atoms with E-state index in [2.05, 4.69) is 36.4 Å². The van der Waals surface area contributed by atoms with Gasteiger partial charge in [-0.05, 0) is 0 Å². The molecule has 0 spiro atoms. The first-order valence-corrected chi connectivity index (χ1v) is 12.1. The normalized spacial score (nSPS) is 24.1. The van der Waals surface area contributed by atoms with E-state index in [1.165, 1.54) is 9.75 Å². The molecule has 0 aliphatic heterocycles. The summed E-state index contributed by atoms with van der Waals surface area (Å²) in [6.07, 6.45) is 11.3. The first-order valence-electron chi connectivity index (χ1n) is 10.4. The van der Waals surface area contributed by atoms with Crippen LogP contribution in [0.3, 0.4) is 0 Å². The standard InChI is InChI=1S/C23H30BBrO4S/c1-15-21(25)13-18(30-15)10-8-17(26)9-11-19-16(14-24)12-22(27)20(19)6-4-2-3-5-7-23(28)29/h2,4,9,11,13-14,16,19-20,22,24,27H,3,5-8,10,12H2,1H3,(H,28,29)/b4-2-,11-9+/t16-,19-,20+,22?/m0/s1. The third kappa shape index (κ3) is 7.75. The van der Waals surface area contributed by atoms with Gasteiger partial charge in [-0.3, -0.25) is 0 Å². The summed E-state index contributed by atoms with van der Waals surface area (Å²) in [5, 5.41) is 19.2. The van der Waals surface area contributed by atoms with E-state index in [1.54, 1.807) is 17.4 Å². The van der Waals surface area contributed by atoms with Crippen molar-refractivity contribution in [3.05, 3.63) is 44.6 Å². The van der Waals surface area contributed by atoms with Gasteiger partial charge < -0.3 is 0 Å². The molecular weight excluding hydrogens is 463 g/mol. The van der Waals surface area contributed by atoms with Crippen molar-refractivity contribution in [3.8, 4) is 0 Å². The maximum absolute atomic E-state index is 12.4. The number of carbonyl (C=O) groups excluding carboxylic acids is 1. The van der Waals surface area contributed by atoms with Gasteiger partial charge >= 0.3 is 193 Å². The van der Waals surface area contributed by atoms with Crippen LogP contribution in [-0.4, -0.2) is 41.5 Å². The van der Waals surface area contributed by atoms with Crippen LogP contribution in [0.2, 0.25) is 0 Å². The van der Waals surface area contributed by atoms with Crippen LogP contribution in [0.5, 0.6) is 0 Å². The third-order valence-corrected chi connectivity index (χ3v) is 7.86. The van der Waals surface area contributed by atoms with E-state index in [-0.39, 0.29) is 30.0 Å². The monoisotopic (exact) mass is 492 g/mol. The molecule has 1 aromatic rings. The molecule has 7 heteroatoms. The number of aliphatic carboxylic acids is 1.